The highest BCUT2D eigenvalue weighted by Crippen LogP contribution is 2.48. The van der Waals surface area contributed by atoms with Crippen molar-refractivity contribution >= 4 is 11.9 Å². The molecule has 0 aromatic heterocycles. The van der Waals surface area contributed by atoms with Gasteiger partial charge in [-0.2, -0.15) is 0 Å². The summed E-state index contributed by atoms with van der Waals surface area (Å²) in [6.07, 6.45) is 6.79. The summed E-state index contributed by atoms with van der Waals surface area (Å²) in [5, 5.41) is 4.27. The second kappa shape index (κ2) is 7.12. The summed E-state index contributed by atoms with van der Waals surface area (Å²) in [7, 11) is 0. The monoisotopic (exact) mass is 337 g/mol. The van der Waals surface area contributed by atoms with Crippen molar-refractivity contribution in [3.8, 4) is 0 Å². The minimum absolute atomic E-state index is 0.0783. The molecule has 3 aliphatic rings. The van der Waals surface area contributed by atoms with Crippen LogP contribution in [0.1, 0.15) is 73.1 Å². The lowest BCUT2D eigenvalue weighted by molar-refractivity contribution is -0.171. The predicted molar refractivity (Wildman–Crippen MR) is 93.9 cm³/mol. The van der Waals surface area contributed by atoms with Gasteiger partial charge in [-0.1, -0.05) is 17.7 Å². The lowest BCUT2D eigenvalue weighted by Gasteiger charge is -2.35. The summed E-state index contributed by atoms with van der Waals surface area (Å²) in [5.41, 5.74) is -1.61. The number of hydrogen-bond acceptors (Lipinski definition) is 3. The Balaban J connectivity index is 0.000000249. The van der Waals surface area contributed by atoms with Crippen LogP contribution in [0, 0.1) is 5.41 Å². The molecule has 0 bridgehead atoms. The molecule has 1 unspecified atom stereocenters. The van der Waals surface area contributed by atoms with E-state index in [1.165, 1.54) is 25.7 Å². The zero-order valence-corrected chi connectivity index (χ0v) is 16.0. The summed E-state index contributed by atoms with van der Waals surface area (Å²) in [6.45, 7) is 12.3. The number of rotatable bonds is 1. The number of carbonyl (C=O) groups is 2. The molecule has 0 saturated carbocycles. The third kappa shape index (κ3) is 4.17. The van der Waals surface area contributed by atoms with E-state index in [2.05, 4.69) is 5.32 Å². The number of ether oxygens (including phenoxy) is 1. The van der Waals surface area contributed by atoms with Crippen LogP contribution >= 0.6 is 0 Å². The van der Waals surface area contributed by atoms with E-state index >= 15 is 0 Å². The van der Waals surface area contributed by atoms with Crippen molar-refractivity contribution in [1.82, 2.24) is 10.2 Å². The minimum Gasteiger partial charge on any atom is -0.455 e. The van der Waals surface area contributed by atoms with E-state index in [4.69, 9.17) is 4.74 Å². The lowest BCUT2D eigenvalue weighted by atomic mass is 9.79. The highest BCUT2D eigenvalue weighted by Gasteiger charge is 2.75. The Morgan fingerprint density at radius 2 is 1.71 bits per heavy atom. The topological polar surface area (TPSA) is 63.4 Å². The van der Waals surface area contributed by atoms with Crippen molar-refractivity contribution < 1.29 is 14.3 Å². The van der Waals surface area contributed by atoms with Gasteiger partial charge in [0.05, 0.1) is 11.8 Å². The third-order valence-electron chi connectivity index (χ3n) is 4.99. The quantitative estimate of drug-likeness (QED) is 0.546. The average molecular weight is 337 g/mol. The molecule has 5 nitrogen and oxygen atoms in total. The van der Waals surface area contributed by atoms with Gasteiger partial charge in [-0.15, -0.1) is 0 Å². The molecule has 2 radical (unpaired) electrons. The molecule has 1 amide bonds. The maximum Gasteiger partial charge on any atom is 0.374 e. The second-order valence-corrected chi connectivity index (χ2v) is 8.89. The van der Waals surface area contributed by atoms with Crippen LogP contribution in [-0.4, -0.2) is 42.7 Å². The van der Waals surface area contributed by atoms with Gasteiger partial charge in [0.15, 0.2) is 0 Å². The van der Waals surface area contributed by atoms with Gasteiger partial charge in [0.1, 0.15) is 12.1 Å². The largest absolute Gasteiger partial charge is 0.455 e. The molecule has 0 aromatic carbocycles. The van der Waals surface area contributed by atoms with Gasteiger partial charge < -0.3 is 4.74 Å². The van der Waals surface area contributed by atoms with Gasteiger partial charge in [-0.3, -0.25) is 0 Å². The van der Waals surface area contributed by atoms with E-state index in [1.54, 1.807) is 4.90 Å². The molecule has 3 aliphatic heterocycles. The summed E-state index contributed by atoms with van der Waals surface area (Å²) >= 11 is 0. The van der Waals surface area contributed by atoms with Crippen LogP contribution < -0.4 is 10.2 Å². The molecule has 3 heterocycles. The van der Waals surface area contributed by atoms with E-state index in [0.717, 1.165) is 19.5 Å². The normalized spacial score (nSPS) is 29.6. The Hall–Kier alpha value is -0.940. The Labute approximate surface area is 146 Å². The molecule has 1 atom stereocenters. The van der Waals surface area contributed by atoms with E-state index in [0.29, 0.717) is 13.0 Å². The average Bonchev–Trinajstić information content (AvgIpc) is 2.69. The summed E-state index contributed by atoms with van der Waals surface area (Å²) < 4.78 is 5.46. The first-order valence-electron chi connectivity index (χ1n) is 9.27. The Morgan fingerprint density at radius 3 is 2.12 bits per heavy atom. The highest BCUT2D eigenvalue weighted by molar-refractivity contribution is 5.98. The smallest absolute Gasteiger partial charge is 0.374 e. The Bertz CT molecular complexity index is 462. The van der Waals surface area contributed by atoms with Gasteiger partial charge in [-0.25, -0.2) is 14.9 Å². The van der Waals surface area contributed by atoms with Gasteiger partial charge in [-0.05, 0) is 47.5 Å². The molecule has 24 heavy (non-hydrogen) atoms. The second-order valence-electron chi connectivity index (χ2n) is 8.89. The van der Waals surface area contributed by atoms with Crippen molar-refractivity contribution in [3.63, 3.8) is 0 Å². The maximum absolute atomic E-state index is 12.3. The Kier molecular flexibility index (Phi) is 5.75. The fraction of sp³-hybridized carbons (Fsp3) is 0.895. The van der Waals surface area contributed by atoms with Crippen LogP contribution in [-0.2, 0) is 14.3 Å². The Morgan fingerprint density at radius 1 is 1.12 bits per heavy atom. The molecule has 0 N–H and O–H groups in total. The molecule has 136 valence electrons. The van der Waals surface area contributed by atoms with Crippen LogP contribution in [0.25, 0.3) is 0 Å². The summed E-state index contributed by atoms with van der Waals surface area (Å²) in [6, 6.07) is 0. The predicted octanol–water partition coefficient (Wildman–Crippen LogP) is 2.73. The van der Waals surface area contributed by atoms with Gasteiger partial charge >= 0.3 is 11.9 Å². The summed E-state index contributed by atoms with van der Waals surface area (Å²) in [4.78, 5) is 26.0. The molecular formula is C19H33N2O3+. The van der Waals surface area contributed by atoms with E-state index in [1.807, 2.05) is 34.6 Å². The van der Waals surface area contributed by atoms with Crippen LogP contribution in [0.2, 0.25) is 0 Å². The molecule has 3 saturated heterocycles. The van der Waals surface area contributed by atoms with Crippen molar-refractivity contribution in [3.05, 3.63) is 0 Å². The third-order valence-corrected chi connectivity index (χ3v) is 4.99. The zero-order chi connectivity index (χ0) is 18.0. The van der Waals surface area contributed by atoms with Crippen molar-refractivity contribution in [2.45, 2.75) is 84.3 Å². The standard InChI is InChI=1S/C13H21NO3.C6H12N/c1-11(2,3)17-10(16)13-6-7-14(13)9(15)12(4,5)8-13;1-2-4-6-7-5-3-1/h6-8H2,1-5H3;1-6H2/q+1;. The molecule has 0 aromatic rings. The van der Waals surface area contributed by atoms with Crippen LogP contribution in [0.5, 0.6) is 0 Å². The molecule has 0 aliphatic carbocycles. The number of nitrogens with zero attached hydrogens (tertiary/aromatic N) is 2. The van der Waals surface area contributed by atoms with Crippen LogP contribution in [0.3, 0.4) is 0 Å². The van der Waals surface area contributed by atoms with Crippen molar-refractivity contribution in [2.75, 3.05) is 19.6 Å². The molecule has 3 fully saturated rings. The number of amides is 1. The molecule has 5 heteroatoms. The molecule has 0 spiro atoms. The minimum atomic E-state index is -0.673. The number of hydrogen-bond donors (Lipinski definition) is 0. The van der Waals surface area contributed by atoms with Gasteiger partial charge in [0, 0.05) is 19.5 Å². The zero-order valence-electron chi connectivity index (χ0n) is 16.0. The lowest BCUT2D eigenvalue weighted by Crippen LogP contribution is -2.67. The molecular weight excluding hydrogens is 304 g/mol. The van der Waals surface area contributed by atoms with Crippen molar-refractivity contribution in [1.29, 1.82) is 0 Å². The fourth-order valence-electron chi connectivity index (χ4n) is 3.72. The van der Waals surface area contributed by atoms with Crippen LogP contribution in [0.15, 0.2) is 0 Å². The van der Waals surface area contributed by atoms with E-state index in [-0.39, 0.29) is 11.9 Å². The van der Waals surface area contributed by atoms with E-state index < -0.39 is 16.6 Å². The first-order chi connectivity index (χ1) is 11.1. The first kappa shape index (κ1) is 19.4. The van der Waals surface area contributed by atoms with Crippen LogP contribution in [0.4, 0.5) is 0 Å². The fourth-order valence-corrected chi connectivity index (χ4v) is 3.72. The van der Waals surface area contributed by atoms with Crippen molar-refractivity contribution in [2.24, 2.45) is 5.41 Å². The summed E-state index contributed by atoms with van der Waals surface area (Å²) in [5.74, 6) is -0.162. The van der Waals surface area contributed by atoms with Gasteiger partial charge in [0.2, 0.25) is 0 Å². The van der Waals surface area contributed by atoms with Gasteiger partial charge in [0.25, 0.3) is 5.54 Å². The maximum atomic E-state index is 12.3. The number of fused-ring (bicyclic) bond motifs is 1. The number of esters is 1. The SMILES string of the molecule is C1CCC[N]CC1.CC(C)(C)OC(=O)C12CC[N+]1C(=O)C(C)(C)C2. The molecule has 3 rings (SSSR count). The first-order valence-corrected chi connectivity index (χ1v) is 9.27. The van der Waals surface area contributed by atoms with E-state index in [9.17, 15) is 9.59 Å². The highest BCUT2D eigenvalue weighted by atomic mass is 16.6. The number of carbonyl (C=O) groups excluding carboxylic acids is 2.